The molecule has 1 heterocycles. The Hall–Kier alpha value is -1.10. The van der Waals surface area contributed by atoms with Crippen molar-refractivity contribution >= 4 is 17.3 Å². The summed E-state index contributed by atoms with van der Waals surface area (Å²) in [5, 5.41) is 11.6. The van der Waals surface area contributed by atoms with Crippen LogP contribution >= 0.6 is 12.2 Å². The molecule has 1 aromatic heterocycles. The second kappa shape index (κ2) is 6.00. The van der Waals surface area contributed by atoms with Gasteiger partial charge in [0.25, 0.3) is 0 Å². The molecule has 5 heteroatoms. The number of nitrogens with zero attached hydrogens (tertiary/aromatic N) is 2. The molecule has 0 saturated heterocycles. The van der Waals surface area contributed by atoms with Crippen LogP contribution in [-0.2, 0) is 13.6 Å². The largest absolute Gasteiger partial charge is 0.360 e. The molecule has 4 nitrogen and oxygen atoms in total. The average Bonchev–Trinajstić information content (AvgIpc) is 2.51. The number of rotatable bonds is 4. The van der Waals surface area contributed by atoms with Gasteiger partial charge in [-0.2, -0.15) is 5.10 Å². The van der Waals surface area contributed by atoms with Crippen LogP contribution in [0, 0.1) is 13.8 Å². The zero-order valence-corrected chi connectivity index (χ0v) is 12.1. The van der Waals surface area contributed by atoms with Crippen LogP contribution in [0.5, 0.6) is 0 Å². The summed E-state index contributed by atoms with van der Waals surface area (Å²) in [6.45, 7) is 9.08. The SMILES string of the molecule is CCC(C)NC(=S)NCc1c(C)nn(C)c1C. The first-order chi connectivity index (χ1) is 7.95. The van der Waals surface area contributed by atoms with Gasteiger partial charge in [0.2, 0.25) is 0 Å². The molecule has 1 atom stereocenters. The second-order valence-electron chi connectivity index (χ2n) is 4.41. The van der Waals surface area contributed by atoms with Crippen molar-refractivity contribution < 1.29 is 0 Å². The zero-order chi connectivity index (χ0) is 13.0. The third kappa shape index (κ3) is 3.70. The predicted octanol–water partition coefficient (Wildman–Crippen LogP) is 1.80. The molecule has 96 valence electrons. The summed E-state index contributed by atoms with van der Waals surface area (Å²) in [5.74, 6) is 0. The fourth-order valence-corrected chi connectivity index (χ4v) is 1.89. The van der Waals surface area contributed by atoms with E-state index < -0.39 is 0 Å². The Bertz CT molecular complexity index is 397. The van der Waals surface area contributed by atoms with Crippen LogP contribution in [0.15, 0.2) is 0 Å². The van der Waals surface area contributed by atoms with Gasteiger partial charge in [0, 0.05) is 30.9 Å². The van der Waals surface area contributed by atoms with Crippen molar-refractivity contribution in [3.8, 4) is 0 Å². The molecule has 0 spiro atoms. The minimum absolute atomic E-state index is 0.408. The van der Waals surface area contributed by atoms with Gasteiger partial charge in [-0.15, -0.1) is 0 Å². The molecule has 1 unspecified atom stereocenters. The predicted molar refractivity (Wildman–Crippen MR) is 75.0 cm³/mol. The molecule has 1 aromatic rings. The lowest BCUT2D eigenvalue weighted by atomic mass is 10.2. The molecule has 0 saturated carbocycles. The Morgan fingerprint density at radius 1 is 1.47 bits per heavy atom. The quantitative estimate of drug-likeness (QED) is 0.804. The lowest BCUT2D eigenvalue weighted by Gasteiger charge is -2.15. The van der Waals surface area contributed by atoms with Crippen molar-refractivity contribution in [2.24, 2.45) is 7.05 Å². The summed E-state index contributed by atoms with van der Waals surface area (Å²) in [6.07, 6.45) is 1.06. The van der Waals surface area contributed by atoms with Crippen molar-refractivity contribution in [3.05, 3.63) is 17.0 Å². The van der Waals surface area contributed by atoms with Crippen LogP contribution in [0.2, 0.25) is 0 Å². The summed E-state index contributed by atoms with van der Waals surface area (Å²) < 4.78 is 1.90. The van der Waals surface area contributed by atoms with Gasteiger partial charge in [0.1, 0.15) is 0 Å². The summed E-state index contributed by atoms with van der Waals surface area (Å²) >= 11 is 5.24. The molecule has 0 aliphatic heterocycles. The van der Waals surface area contributed by atoms with Crippen molar-refractivity contribution in [3.63, 3.8) is 0 Å². The molecule has 1 rings (SSSR count). The maximum absolute atomic E-state index is 5.24. The lowest BCUT2D eigenvalue weighted by molar-refractivity contribution is 0.631. The van der Waals surface area contributed by atoms with Gasteiger partial charge < -0.3 is 10.6 Å². The normalized spacial score (nSPS) is 12.3. The highest BCUT2D eigenvalue weighted by Gasteiger charge is 2.09. The fraction of sp³-hybridized carbons (Fsp3) is 0.667. The van der Waals surface area contributed by atoms with E-state index in [9.17, 15) is 0 Å². The minimum atomic E-state index is 0.408. The van der Waals surface area contributed by atoms with Crippen molar-refractivity contribution in [2.75, 3.05) is 0 Å². The number of aryl methyl sites for hydroxylation is 2. The van der Waals surface area contributed by atoms with Gasteiger partial charge in [-0.25, -0.2) is 0 Å². The molecular weight excluding hydrogens is 232 g/mol. The first-order valence-electron chi connectivity index (χ1n) is 5.99. The number of thiocarbonyl (C=S) groups is 1. The minimum Gasteiger partial charge on any atom is -0.360 e. The van der Waals surface area contributed by atoms with E-state index in [1.807, 2.05) is 18.7 Å². The monoisotopic (exact) mass is 254 g/mol. The van der Waals surface area contributed by atoms with E-state index >= 15 is 0 Å². The van der Waals surface area contributed by atoms with Crippen LogP contribution in [-0.4, -0.2) is 20.9 Å². The molecule has 0 radical (unpaired) electrons. The average molecular weight is 254 g/mol. The molecular formula is C12H22N4S. The molecule has 0 amide bonds. The topological polar surface area (TPSA) is 41.9 Å². The van der Waals surface area contributed by atoms with Crippen LogP contribution in [0.1, 0.15) is 37.2 Å². The van der Waals surface area contributed by atoms with E-state index in [0.29, 0.717) is 11.2 Å². The summed E-state index contributed by atoms with van der Waals surface area (Å²) in [4.78, 5) is 0. The van der Waals surface area contributed by atoms with Gasteiger partial charge >= 0.3 is 0 Å². The number of aromatic nitrogens is 2. The Morgan fingerprint density at radius 2 is 2.12 bits per heavy atom. The maximum Gasteiger partial charge on any atom is 0.166 e. The van der Waals surface area contributed by atoms with Gasteiger partial charge in [-0.05, 0) is 39.4 Å². The standard InChI is InChI=1S/C12H22N4S/c1-6-8(2)14-12(17)13-7-11-9(3)15-16(5)10(11)4/h8H,6-7H2,1-5H3,(H2,13,14,17). The zero-order valence-electron chi connectivity index (χ0n) is 11.3. The van der Waals surface area contributed by atoms with Crippen LogP contribution < -0.4 is 10.6 Å². The Balaban J connectivity index is 2.53. The fourth-order valence-electron chi connectivity index (χ4n) is 1.62. The highest BCUT2D eigenvalue weighted by molar-refractivity contribution is 7.80. The van der Waals surface area contributed by atoms with E-state index in [1.165, 1.54) is 11.3 Å². The van der Waals surface area contributed by atoms with Crippen LogP contribution in [0.25, 0.3) is 0 Å². The summed E-state index contributed by atoms with van der Waals surface area (Å²) in [6, 6.07) is 0.408. The molecule has 0 aromatic carbocycles. The van der Waals surface area contributed by atoms with E-state index in [1.54, 1.807) is 0 Å². The smallest absolute Gasteiger partial charge is 0.166 e. The molecule has 0 fully saturated rings. The van der Waals surface area contributed by atoms with Crippen LogP contribution in [0.3, 0.4) is 0 Å². The summed E-state index contributed by atoms with van der Waals surface area (Å²) in [7, 11) is 1.96. The van der Waals surface area contributed by atoms with Crippen LogP contribution in [0.4, 0.5) is 0 Å². The van der Waals surface area contributed by atoms with E-state index in [4.69, 9.17) is 12.2 Å². The molecule has 2 N–H and O–H groups in total. The lowest BCUT2D eigenvalue weighted by Crippen LogP contribution is -2.40. The van der Waals surface area contributed by atoms with Gasteiger partial charge in [0.05, 0.1) is 5.69 Å². The second-order valence-corrected chi connectivity index (χ2v) is 4.82. The first-order valence-corrected chi connectivity index (χ1v) is 6.40. The highest BCUT2D eigenvalue weighted by Crippen LogP contribution is 2.10. The van der Waals surface area contributed by atoms with Gasteiger partial charge in [0.15, 0.2) is 5.11 Å². The Kier molecular flexibility index (Phi) is 4.93. The maximum atomic E-state index is 5.24. The molecule has 17 heavy (non-hydrogen) atoms. The van der Waals surface area contributed by atoms with E-state index in [2.05, 4.69) is 36.5 Å². The van der Waals surface area contributed by atoms with Crippen molar-refractivity contribution in [1.29, 1.82) is 0 Å². The van der Waals surface area contributed by atoms with Crippen molar-refractivity contribution in [1.82, 2.24) is 20.4 Å². The number of hydrogen-bond acceptors (Lipinski definition) is 2. The number of nitrogens with one attached hydrogen (secondary N) is 2. The van der Waals surface area contributed by atoms with Crippen molar-refractivity contribution in [2.45, 2.75) is 46.7 Å². The van der Waals surface area contributed by atoms with Gasteiger partial charge in [-0.1, -0.05) is 6.92 Å². The first kappa shape index (κ1) is 14.0. The Morgan fingerprint density at radius 3 is 2.59 bits per heavy atom. The molecule has 0 aliphatic rings. The highest BCUT2D eigenvalue weighted by atomic mass is 32.1. The van der Waals surface area contributed by atoms with Gasteiger partial charge in [-0.3, -0.25) is 4.68 Å². The van der Waals surface area contributed by atoms with E-state index in [0.717, 1.165) is 18.7 Å². The van der Waals surface area contributed by atoms with E-state index in [-0.39, 0.29) is 0 Å². The Labute approximate surface area is 109 Å². The third-order valence-electron chi connectivity index (χ3n) is 3.07. The summed E-state index contributed by atoms with van der Waals surface area (Å²) in [5.41, 5.74) is 3.46. The molecule has 0 aliphatic carbocycles. The molecule has 0 bridgehead atoms. The third-order valence-corrected chi connectivity index (χ3v) is 3.34. The number of hydrogen-bond donors (Lipinski definition) is 2.